The lowest BCUT2D eigenvalue weighted by atomic mass is 10.1. The SMILES string of the molecule is Cc1ccc(N2N=C(C(=O)N3CCN(C(=O)C4COc5ccccc5O4)CC3)CCC2=O)cc1Cl. The number of ether oxygens (including phenoxy) is 2. The molecule has 3 amide bonds. The van der Waals surface area contributed by atoms with E-state index in [1.165, 1.54) is 5.01 Å². The number of anilines is 1. The van der Waals surface area contributed by atoms with Crippen molar-refractivity contribution in [2.75, 3.05) is 37.8 Å². The monoisotopic (exact) mass is 496 g/mol. The number of fused-ring (bicyclic) bond motifs is 1. The molecule has 0 aromatic heterocycles. The Morgan fingerprint density at radius 2 is 1.71 bits per heavy atom. The van der Waals surface area contributed by atoms with Crippen molar-refractivity contribution in [1.82, 2.24) is 9.80 Å². The van der Waals surface area contributed by atoms with Gasteiger partial charge in [0.25, 0.3) is 11.8 Å². The number of carbonyl (C=O) groups excluding carboxylic acids is 3. The van der Waals surface area contributed by atoms with Crippen molar-refractivity contribution >= 4 is 40.7 Å². The molecule has 2 aromatic carbocycles. The van der Waals surface area contributed by atoms with Crippen LogP contribution in [0.25, 0.3) is 0 Å². The summed E-state index contributed by atoms with van der Waals surface area (Å²) in [6.07, 6.45) is -0.245. The smallest absolute Gasteiger partial charge is 0.270 e. The molecule has 0 aliphatic carbocycles. The zero-order chi connectivity index (χ0) is 24.5. The van der Waals surface area contributed by atoms with E-state index in [1.807, 2.05) is 25.1 Å². The lowest BCUT2D eigenvalue weighted by Gasteiger charge is -2.37. The van der Waals surface area contributed by atoms with Gasteiger partial charge in [0.05, 0.1) is 5.69 Å². The standard InChI is InChI=1S/C25H25ClN4O5/c1-16-6-7-17(14-18(16)26)30-23(31)9-8-19(27-30)24(32)28-10-12-29(13-11-28)25(33)22-15-34-20-4-2-3-5-21(20)35-22/h2-7,14,22H,8-13,15H2,1H3. The van der Waals surface area contributed by atoms with E-state index in [-0.39, 0.29) is 37.2 Å². The van der Waals surface area contributed by atoms with Gasteiger partial charge in [0.15, 0.2) is 11.5 Å². The van der Waals surface area contributed by atoms with Crippen LogP contribution in [0.2, 0.25) is 5.02 Å². The first-order valence-corrected chi connectivity index (χ1v) is 11.9. The number of hydrogen-bond donors (Lipinski definition) is 0. The van der Waals surface area contributed by atoms with Crippen LogP contribution in [0.1, 0.15) is 18.4 Å². The second kappa shape index (κ2) is 9.58. The Bertz CT molecular complexity index is 1210. The van der Waals surface area contributed by atoms with Crippen LogP contribution in [-0.2, 0) is 14.4 Å². The van der Waals surface area contributed by atoms with Gasteiger partial charge in [0.1, 0.15) is 12.3 Å². The summed E-state index contributed by atoms with van der Waals surface area (Å²) in [5, 5.41) is 6.14. The largest absolute Gasteiger partial charge is 0.485 e. The van der Waals surface area contributed by atoms with Crippen LogP contribution in [0.5, 0.6) is 11.5 Å². The topological polar surface area (TPSA) is 91.8 Å². The molecule has 1 atom stereocenters. The minimum absolute atomic E-state index is 0.151. The van der Waals surface area contributed by atoms with Crippen molar-refractivity contribution in [3.63, 3.8) is 0 Å². The number of amides is 3. The summed E-state index contributed by atoms with van der Waals surface area (Å²) in [6, 6.07) is 12.5. The van der Waals surface area contributed by atoms with Gasteiger partial charge in [-0.2, -0.15) is 5.10 Å². The Morgan fingerprint density at radius 3 is 2.46 bits per heavy atom. The molecule has 2 aromatic rings. The second-order valence-corrected chi connectivity index (χ2v) is 9.07. The maximum atomic E-state index is 13.2. The van der Waals surface area contributed by atoms with Gasteiger partial charge in [-0.3, -0.25) is 14.4 Å². The molecule has 0 saturated carbocycles. The molecule has 5 rings (SSSR count). The third-order valence-corrected chi connectivity index (χ3v) is 6.75. The van der Waals surface area contributed by atoms with E-state index >= 15 is 0 Å². The van der Waals surface area contributed by atoms with Gasteiger partial charge < -0.3 is 19.3 Å². The lowest BCUT2D eigenvalue weighted by molar-refractivity contribution is -0.144. The molecule has 0 spiro atoms. The molecule has 0 N–H and O–H groups in total. The number of halogens is 1. The summed E-state index contributed by atoms with van der Waals surface area (Å²) in [5.74, 6) is 0.609. The number of nitrogens with zero attached hydrogens (tertiary/aromatic N) is 4. The predicted octanol–water partition coefficient (Wildman–Crippen LogP) is 2.64. The summed E-state index contributed by atoms with van der Waals surface area (Å²) < 4.78 is 11.5. The molecule has 3 aliphatic heterocycles. The van der Waals surface area contributed by atoms with Gasteiger partial charge in [0, 0.05) is 44.0 Å². The maximum Gasteiger partial charge on any atom is 0.270 e. The Morgan fingerprint density at radius 1 is 1.00 bits per heavy atom. The zero-order valence-corrected chi connectivity index (χ0v) is 20.0. The Kier molecular flexibility index (Phi) is 6.34. The van der Waals surface area contributed by atoms with Crippen molar-refractivity contribution in [3.8, 4) is 11.5 Å². The predicted molar refractivity (Wildman–Crippen MR) is 130 cm³/mol. The van der Waals surface area contributed by atoms with Gasteiger partial charge in [-0.05, 0) is 36.8 Å². The number of para-hydroxylation sites is 2. The minimum atomic E-state index is -0.712. The number of aryl methyl sites for hydroxylation is 1. The molecule has 9 nitrogen and oxygen atoms in total. The van der Waals surface area contributed by atoms with Gasteiger partial charge in [-0.25, -0.2) is 5.01 Å². The molecule has 1 fully saturated rings. The van der Waals surface area contributed by atoms with Crippen molar-refractivity contribution in [2.24, 2.45) is 5.10 Å². The molecular formula is C25H25ClN4O5. The van der Waals surface area contributed by atoms with Gasteiger partial charge in [-0.1, -0.05) is 29.8 Å². The highest BCUT2D eigenvalue weighted by molar-refractivity contribution is 6.40. The summed E-state index contributed by atoms with van der Waals surface area (Å²) in [5.41, 5.74) is 1.74. The second-order valence-electron chi connectivity index (χ2n) is 8.67. The average molecular weight is 497 g/mol. The molecule has 1 unspecified atom stereocenters. The number of benzene rings is 2. The molecule has 10 heteroatoms. The molecule has 0 radical (unpaired) electrons. The number of hydrogen-bond acceptors (Lipinski definition) is 6. The van der Waals surface area contributed by atoms with Crippen LogP contribution in [0.3, 0.4) is 0 Å². The fourth-order valence-corrected chi connectivity index (χ4v) is 4.45. The first kappa shape index (κ1) is 23.2. The first-order valence-electron chi connectivity index (χ1n) is 11.5. The minimum Gasteiger partial charge on any atom is -0.485 e. The van der Waals surface area contributed by atoms with Gasteiger partial charge in [0.2, 0.25) is 12.0 Å². The molecule has 3 aliphatic rings. The van der Waals surface area contributed by atoms with E-state index in [9.17, 15) is 14.4 Å². The van der Waals surface area contributed by atoms with E-state index in [4.69, 9.17) is 21.1 Å². The Hall–Kier alpha value is -3.59. The van der Waals surface area contributed by atoms with Crippen LogP contribution >= 0.6 is 11.6 Å². The molecular weight excluding hydrogens is 472 g/mol. The number of carbonyl (C=O) groups is 3. The summed E-state index contributed by atoms with van der Waals surface area (Å²) in [6.45, 7) is 3.54. The van der Waals surface area contributed by atoms with Crippen molar-refractivity contribution in [2.45, 2.75) is 25.9 Å². The maximum absolute atomic E-state index is 13.2. The lowest BCUT2D eigenvalue weighted by Crippen LogP contribution is -2.56. The molecule has 3 heterocycles. The third-order valence-electron chi connectivity index (χ3n) is 6.34. The van der Waals surface area contributed by atoms with E-state index in [0.717, 1.165) is 5.56 Å². The quantitative estimate of drug-likeness (QED) is 0.651. The van der Waals surface area contributed by atoms with E-state index in [1.54, 1.807) is 34.1 Å². The van der Waals surface area contributed by atoms with Gasteiger partial charge in [-0.15, -0.1) is 0 Å². The molecule has 0 bridgehead atoms. The zero-order valence-electron chi connectivity index (χ0n) is 19.3. The van der Waals surface area contributed by atoms with Crippen LogP contribution in [-0.4, -0.2) is 72.1 Å². The van der Waals surface area contributed by atoms with E-state index < -0.39 is 6.10 Å². The Labute approximate surface area is 207 Å². The molecule has 182 valence electrons. The highest BCUT2D eigenvalue weighted by atomic mass is 35.5. The molecule has 1 saturated heterocycles. The third kappa shape index (κ3) is 4.68. The van der Waals surface area contributed by atoms with Crippen molar-refractivity contribution in [1.29, 1.82) is 0 Å². The number of hydrazone groups is 1. The fourth-order valence-electron chi connectivity index (χ4n) is 4.28. The highest BCUT2D eigenvalue weighted by Gasteiger charge is 2.35. The molecule has 35 heavy (non-hydrogen) atoms. The highest BCUT2D eigenvalue weighted by Crippen LogP contribution is 2.31. The van der Waals surface area contributed by atoms with Crippen LogP contribution in [0.15, 0.2) is 47.6 Å². The first-order chi connectivity index (χ1) is 16.9. The summed E-state index contributed by atoms with van der Waals surface area (Å²) in [7, 11) is 0. The number of rotatable bonds is 3. The normalized spacial score (nSPS) is 19.9. The fraction of sp³-hybridized carbons (Fsp3) is 0.360. The van der Waals surface area contributed by atoms with Crippen LogP contribution in [0.4, 0.5) is 5.69 Å². The van der Waals surface area contributed by atoms with Crippen molar-refractivity contribution < 1.29 is 23.9 Å². The van der Waals surface area contributed by atoms with E-state index in [2.05, 4.69) is 5.10 Å². The van der Waals surface area contributed by atoms with E-state index in [0.29, 0.717) is 54.1 Å². The van der Waals surface area contributed by atoms with Gasteiger partial charge >= 0.3 is 0 Å². The summed E-state index contributed by atoms with van der Waals surface area (Å²) in [4.78, 5) is 42.0. The van der Waals surface area contributed by atoms with Crippen molar-refractivity contribution in [3.05, 3.63) is 53.1 Å². The summed E-state index contributed by atoms with van der Waals surface area (Å²) >= 11 is 6.21. The average Bonchev–Trinajstić information content (AvgIpc) is 2.89. The van der Waals surface area contributed by atoms with Crippen LogP contribution < -0.4 is 14.5 Å². The number of piperazine rings is 1. The Balaban J connectivity index is 1.21. The van der Waals surface area contributed by atoms with Crippen LogP contribution in [0, 0.1) is 6.92 Å².